The van der Waals surface area contributed by atoms with Crippen LogP contribution in [-0.2, 0) is 15.3 Å². The molecule has 1 aliphatic heterocycles. The van der Waals surface area contributed by atoms with Gasteiger partial charge in [0, 0.05) is 11.8 Å². The summed E-state index contributed by atoms with van der Waals surface area (Å²) in [6.07, 6.45) is 2.18. The Bertz CT molecular complexity index is 675. The first kappa shape index (κ1) is 15.7. The first-order valence-electron chi connectivity index (χ1n) is 8.41. The van der Waals surface area contributed by atoms with Crippen molar-refractivity contribution < 1.29 is 9.47 Å². The molecule has 4 rings (SSSR count). The number of ether oxygens (including phenoxy) is 2. The highest BCUT2D eigenvalue weighted by Gasteiger charge is 2.54. The molecule has 23 heavy (non-hydrogen) atoms. The standard InChI is InChI=1S/C17H22N2O2S2/c1-5-9(3)15-18-13-11(22-15)12-14(17(13)20-7-8-21-17)19-16(23-12)10(4)6-2/h9-10H,5-8H2,1-4H3. The van der Waals surface area contributed by atoms with Gasteiger partial charge in [0.05, 0.1) is 33.0 Å². The molecule has 6 heteroatoms. The molecular weight excluding hydrogens is 328 g/mol. The molecule has 0 radical (unpaired) electrons. The van der Waals surface area contributed by atoms with Gasteiger partial charge in [-0.05, 0) is 12.8 Å². The molecule has 2 aromatic heterocycles. The normalized spacial score (nSPS) is 20.7. The van der Waals surface area contributed by atoms with Gasteiger partial charge in [0.25, 0.3) is 5.79 Å². The molecular formula is C17H22N2O2S2. The molecule has 2 aliphatic rings. The monoisotopic (exact) mass is 350 g/mol. The van der Waals surface area contributed by atoms with Gasteiger partial charge in [-0.2, -0.15) is 0 Å². The van der Waals surface area contributed by atoms with E-state index in [-0.39, 0.29) is 0 Å². The van der Waals surface area contributed by atoms with Crippen LogP contribution in [0, 0.1) is 0 Å². The number of hydrogen-bond acceptors (Lipinski definition) is 6. The lowest BCUT2D eigenvalue weighted by Gasteiger charge is -2.20. The third-order valence-electron chi connectivity index (χ3n) is 4.88. The van der Waals surface area contributed by atoms with Crippen molar-refractivity contribution >= 4 is 22.7 Å². The van der Waals surface area contributed by atoms with E-state index in [2.05, 4.69) is 27.7 Å². The van der Waals surface area contributed by atoms with Crippen molar-refractivity contribution in [2.45, 2.75) is 58.2 Å². The van der Waals surface area contributed by atoms with Gasteiger partial charge in [0.15, 0.2) is 0 Å². The SMILES string of the molecule is CCC(C)c1nc2c(s1)-c1sc(C(C)CC)nc1C21OCCO1. The lowest BCUT2D eigenvalue weighted by Crippen LogP contribution is -2.27. The van der Waals surface area contributed by atoms with Gasteiger partial charge in [0.1, 0.15) is 11.4 Å². The summed E-state index contributed by atoms with van der Waals surface area (Å²) in [7, 11) is 0. The van der Waals surface area contributed by atoms with Gasteiger partial charge in [-0.3, -0.25) is 0 Å². The highest BCUT2D eigenvalue weighted by Crippen LogP contribution is 2.56. The number of nitrogens with zero attached hydrogens (tertiary/aromatic N) is 2. The Balaban J connectivity index is 1.88. The molecule has 0 aromatic carbocycles. The molecule has 4 nitrogen and oxygen atoms in total. The Morgan fingerprint density at radius 1 is 0.913 bits per heavy atom. The van der Waals surface area contributed by atoms with Crippen molar-refractivity contribution in [3.63, 3.8) is 0 Å². The number of aromatic nitrogens is 2. The van der Waals surface area contributed by atoms with E-state index < -0.39 is 5.79 Å². The number of hydrogen-bond donors (Lipinski definition) is 0. The second-order valence-corrected chi connectivity index (χ2v) is 8.45. The van der Waals surface area contributed by atoms with E-state index in [0.717, 1.165) is 24.2 Å². The summed E-state index contributed by atoms with van der Waals surface area (Å²) in [5, 5.41) is 2.36. The first-order chi connectivity index (χ1) is 11.1. The molecule has 1 aliphatic carbocycles. The first-order valence-corrected chi connectivity index (χ1v) is 10.0. The molecule has 124 valence electrons. The molecule has 1 fully saturated rings. The van der Waals surface area contributed by atoms with Crippen LogP contribution in [0.1, 0.15) is 73.8 Å². The summed E-state index contributed by atoms with van der Waals surface area (Å²) in [5.74, 6) is 0.0960. The van der Waals surface area contributed by atoms with Crippen LogP contribution >= 0.6 is 22.7 Å². The van der Waals surface area contributed by atoms with Gasteiger partial charge < -0.3 is 9.47 Å². The lowest BCUT2D eigenvalue weighted by atomic mass is 10.1. The molecule has 0 saturated carbocycles. The second kappa shape index (κ2) is 5.62. The number of fused-ring (bicyclic) bond motifs is 5. The zero-order chi connectivity index (χ0) is 16.2. The largest absolute Gasteiger partial charge is 0.337 e. The number of thiazole rings is 2. The molecule has 2 aromatic rings. The van der Waals surface area contributed by atoms with E-state index in [9.17, 15) is 0 Å². The van der Waals surface area contributed by atoms with Crippen molar-refractivity contribution in [3.05, 3.63) is 21.4 Å². The summed E-state index contributed by atoms with van der Waals surface area (Å²) < 4.78 is 12.1. The Morgan fingerprint density at radius 2 is 1.35 bits per heavy atom. The highest BCUT2D eigenvalue weighted by atomic mass is 32.1. The maximum absolute atomic E-state index is 6.07. The van der Waals surface area contributed by atoms with Crippen LogP contribution in [0.15, 0.2) is 0 Å². The summed E-state index contributed by atoms with van der Waals surface area (Å²) in [4.78, 5) is 12.3. The third kappa shape index (κ3) is 2.15. The third-order valence-corrected chi connectivity index (χ3v) is 7.62. The molecule has 2 atom stereocenters. The van der Waals surface area contributed by atoms with Crippen LogP contribution < -0.4 is 0 Å². The fraction of sp³-hybridized carbons (Fsp3) is 0.647. The Labute approximate surface area is 144 Å². The highest BCUT2D eigenvalue weighted by molar-refractivity contribution is 7.22. The van der Waals surface area contributed by atoms with E-state index in [0.29, 0.717) is 25.0 Å². The minimum atomic E-state index is -0.838. The molecule has 0 amide bonds. The predicted molar refractivity (Wildman–Crippen MR) is 93.3 cm³/mol. The molecule has 3 heterocycles. The van der Waals surface area contributed by atoms with E-state index in [4.69, 9.17) is 19.4 Å². The average molecular weight is 351 g/mol. The lowest BCUT2D eigenvalue weighted by molar-refractivity contribution is -0.132. The predicted octanol–water partition coefficient (Wildman–Crippen LogP) is 4.85. The van der Waals surface area contributed by atoms with Crippen LogP contribution in [0.2, 0.25) is 0 Å². The summed E-state index contributed by atoms with van der Waals surface area (Å²) in [6, 6.07) is 0. The van der Waals surface area contributed by atoms with Crippen LogP contribution in [0.3, 0.4) is 0 Å². The van der Waals surface area contributed by atoms with E-state index in [1.54, 1.807) is 22.7 Å². The van der Waals surface area contributed by atoms with Crippen LogP contribution in [0.25, 0.3) is 9.75 Å². The van der Waals surface area contributed by atoms with Gasteiger partial charge >= 0.3 is 0 Å². The van der Waals surface area contributed by atoms with Crippen molar-refractivity contribution in [2.75, 3.05) is 13.2 Å². The van der Waals surface area contributed by atoms with Gasteiger partial charge in [0.2, 0.25) is 0 Å². The molecule has 2 unspecified atom stereocenters. The van der Waals surface area contributed by atoms with Crippen molar-refractivity contribution in [1.82, 2.24) is 9.97 Å². The van der Waals surface area contributed by atoms with Gasteiger partial charge in [-0.15, -0.1) is 22.7 Å². The fourth-order valence-electron chi connectivity index (χ4n) is 3.00. The molecule has 1 spiro atoms. The maximum atomic E-state index is 6.07. The van der Waals surface area contributed by atoms with Crippen LogP contribution in [0.5, 0.6) is 0 Å². The number of rotatable bonds is 4. The molecule has 0 N–H and O–H groups in total. The van der Waals surface area contributed by atoms with E-state index in [1.165, 1.54) is 19.8 Å². The zero-order valence-corrected chi connectivity index (χ0v) is 15.6. The average Bonchev–Trinajstić information content (AvgIpc) is 3.30. The fourth-order valence-corrected chi connectivity index (χ4v) is 5.61. The van der Waals surface area contributed by atoms with Gasteiger partial charge in [-0.1, -0.05) is 27.7 Å². The topological polar surface area (TPSA) is 44.2 Å². The summed E-state index contributed by atoms with van der Waals surface area (Å²) in [5.41, 5.74) is 1.89. The minimum absolute atomic E-state index is 0.467. The van der Waals surface area contributed by atoms with Crippen molar-refractivity contribution in [2.24, 2.45) is 0 Å². The van der Waals surface area contributed by atoms with Crippen LogP contribution in [-0.4, -0.2) is 23.2 Å². The van der Waals surface area contributed by atoms with E-state index >= 15 is 0 Å². The van der Waals surface area contributed by atoms with Crippen molar-refractivity contribution in [3.8, 4) is 9.75 Å². The summed E-state index contributed by atoms with van der Waals surface area (Å²) in [6.45, 7) is 10.1. The molecule has 0 bridgehead atoms. The Kier molecular flexibility index (Phi) is 3.83. The smallest absolute Gasteiger partial charge is 0.260 e. The van der Waals surface area contributed by atoms with E-state index in [1.807, 2.05) is 0 Å². The molecule has 1 saturated heterocycles. The quantitative estimate of drug-likeness (QED) is 0.790. The maximum Gasteiger partial charge on any atom is 0.260 e. The Morgan fingerprint density at radius 3 is 1.74 bits per heavy atom. The second-order valence-electron chi connectivity index (χ2n) is 6.39. The minimum Gasteiger partial charge on any atom is -0.337 e. The zero-order valence-electron chi connectivity index (χ0n) is 14.0. The summed E-state index contributed by atoms with van der Waals surface area (Å²) >= 11 is 3.58. The van der Waals surface area contributed by atoms with Crippen molar-refractivity contribution in [1.29, 1.82) is 0 Å². The Hall–Kier alpha value is -0.820. The van der Waals surface area contributed by atoms with Crippen LogP contribution in [0.4, 0.5) is 0 Å². The van der Waals surface area contributed by atoms with Gasteiger partial charge in [-0.25, -0.2) is 9.97 Å².